The number of nitrogens with zero attached hydrogens (tertiary/aromatic N) is 1. The highest BCUT2D eigenvalue weighted by Crippen LogP contribution is 2.45. The zero-order valence-corrected chi connectivity index (χ0v) is 24.5. The van der Waals surface area contributed by atoms with Crippen molar-refractivity contribution in [3.8, 4) is 0 Å². The number of hydrogen-bond donors (Lipinski definition) is 2. The molecule has 0 amide bonds. The lowest BCUT2D eigenvalue weighted by Gasteiger charge is -2.38. The van der Waals surface area contributed by atoms with Gasteiger partial charge in [-0.2, -0.15) is 0 Å². The lowest BCUT2D eigenvalue weighted by molar-refractivity contribution is -0.124. The molecule has 0 fully saturated rings. The van der Waals surface area contributed by atoms with Gasteiger partial charge in [-0.3, -0.25) is 4.79 Å². The van der Waals surface area contributed by atoms with Crippen molar-refractivity contribution in [3.63, 3.8) is 0 Å². The predicted molar refractivity (Wildman–Crippen MR) is 161 cm³/mol. The van der Waals surface area contributed by atoms with Crippen LogP contribution in [0.5, 0.6) is 0 Å². The topological polar surface area (TPSA) is 71.8 Å². The van der Waals surface area contributed by atoms with E-state index in [1.165, 1.54) is 16.7 Å². The molecule has 39 heavy (non-hydrogen) atoms. The molecule has 4 nitrogen and oxygen atoms in total. The molecule has 0 aliphatic carbocycles. The minimum atomic E-state index is -0.636. The van der Waals surface area contributed by atoms with E-state index in [-0.39, 0.29) is 27.9 Å². The van der Waals surface area contributed by atoms with Crippen molar-refractivity contribution in [1.82, 2.24) is 9.97 Å². The normalized spacial score (nSPS) is 14.2. The van der Waals surface area contributed by atoms with Crippen LogP contribution in [0.2, 0.25) is 0 Å². The molecule has 204 valence electrons. The summed E-state index contributed by atoms with van der Waals surface area (Å²) in [6.45, 7) is 15.5. The Bertz CT molecular complexity index is 1380. The van der Waals surface area contributed by atoms with Crippen LogP contribution in [-0.2, 0) is 22.0 Å². The molecule has 1 aromatic heterocycles. The maximum absolute atomic E-state index is 14.2. The molecule has 0 aliphatic heterocycles. The number of aromatic amines is 1. The number of ketones is 1. The van der Waals surface area contributed by atoms with Gasteiger partial charge in [0.05, 0.1) is 12.4 Å². The molecule has 0 radical (unpaired) electrons. The van der Waals surface area contributed by atoms with E-state index in [4.69, 9.17) is 5.73 Å². The van der Waals surface area contributed by atoms with Gasteiger partial charge in [0, 0.05) is 35.1 Å². The van der Waals surface area contributed by atoms with E-state index in [0.29, 0.717) is 6.42 Å². The Balaban J connectivity index is 1.90. The van der Waals surface area contributed by atoms with Crippen LogP contribution in [0.1, 0.15) is 87.9 Å². The number of nitrogens with one attached hydrogen (secondary N) is 1. The van der Waals surface area contributed by atoms with Gasteiger partial charge in [-0.05, 0) is 33.2 Å². The average molecular weight is 522 g/mol. The van der Waals surface area contributed by atoms with Crippen LogP contribution in [0.25, 0.3) is 0 Å². The summed E-state index contributed by atoms with van der Waals surface area (Å²) < 4.78 is 0. The van der Waals surface area contributed by atoms with Gasteiger partial charge in [-0.15, -0.1) is 0 Å². The largest absolute Gasteiger partial charge is 0.348 e. The molecule has 1 unspecified atom stereocenters. The average Bonchev–Trinajstić information content (AvgIpc) is 3.42. The zero-order valence-electron chi connectivity index (χ0n) is 24.5. The van der Waals surface area contributed by atoms with Crippen molar-refractivity contribution in [3.05, 3.63) is 125 Å². The number of benzene rings is 3. The van der Waals surface area contributed by atoms with Crippen LogP contribution in [0.15, 0.2) is 91.4 Å². The monoisotopic (exact) mass is 521 g/mol. The van der Waals surface area contributed by atoms with Crippen LogP contribution in [0, 0.1) is 5.41 Å². The summed E-state index contributed by atoms with van der Waals surface area (Å²) in [5, 5.41) is 0. The van der Waals surface area contributed by atoms with Gasteiger partial charge in [-0.25, -0.2) is 4.98 Å². The van der Waals surface area contributed by atoms with E-state index >= 15 is 0 Å². The van der Waals surface area contributed by atoms with Crippen LogP contribution < -0.4 is 5.73 Å². The fourth-order valence-electron chi connectivity index (χ4n) is 5.76. The lowest BCUT2D eigenvalue weighted by Crippen LogP contribution is -2.42. The second-order valence-corrected chi connectivity index (χ2v) is 12.9. The van der Waals surface area contributed by atoms with Crippen molar-refractivity contribution in [2.75, 3.05) is 0 Å². The number of imidazole rings is 1. The van der Waals surface area contributed by atoms with Crippen LogP contribution in [0.3, 0.4) is 0 Å². The molecular weight excluding hydrogens is 478 g/mol. The van der Waals surface area contributed by atoms with Gasteiger partial charge in [0.15, 0.2) is 5.78 Å². The summed E-state index contributed by atoms with van der Waals surface area (Å²) >= 11 is 0. The molecule has 0 aliphatic rings. The van der Waals surface area contributed by atoms with Crippen molar-refractivity contribution < 1.29 is 4.79 Å². The van der Waals surface area contributed by atoms with E-state index in [1.54, 1.807) is 12.5 Å². The number of carbonyl (C=O) groups excluding carboxylic acids is 1. The number of Topliss-reactive ketones (excluding diaryl/α,β-unsaturated/α-hetero) is 1. The highest BCUT2D eigenvalue weighted by atomic mass is 16.1. The minimum absolute atomic E-state index is 0.0530. The van der Waals surface area contributed by atoms with Crippen LogP contribution in [-0.4, -0.2) is 21.8 Å². The molecule has 0 bridgehead atoms. The van der Waals surface area contributed by atoms with E-state index in [0.717, 1.165) is 16.8 Å². The Morgan fingerprint density at radius 3 is 1.87 bits per heavy atom. The number of H-pyrrole nitrogens is 1. The second-order valence-electron chi connectivity index (χ2n) is 12.9. The first kappa shape index (κ1) is 28.5. The molecule has 2 atom stereocenters. The Morgan fingerprint density at radius 2 is 1.36 bits per heavy atom. The number of aromatic nitrogens is 2. The SMILES string of the molecule is CC(C)(c1ccccc1)c1ccc(C(C(=O)[C@@H](N)Cc2cnc[nH]2)C(C)(C)C)c(C(C)(C)c2ccccc2)c1. The molecule has 4 aromatic rings. The zero-order chi connectivity index (χ0) is 28.4. The van der Waals surface area contributed by atoms with Gasteiger partial charge >= 0.3 is 0 Å². The van der Waals surface area contributed by atoms with Gasteiger partial charge < -0.3 is 10.7 Å². The quantitative estimate of drug-likeness (QED) is 0.242. The Labute approximate surface area is 234 Å². The second kappa shape index (κ2) is 10.9. The third-order valence-electron chi connectivity index (χ3n) is 8.26. The third-order valence-corrected chi connectivity index (χ3v) is 8.26. The number of nitrogens with two attached hydrogens (primary N) is 1. The Hall–Kier alpha value is -3.50. The highest BCUT2D eigenvalue weighted by molar-refractivity contribution is 5.91. The molecular formula is C35H43N3O. The molecule has 4 rings (SSSR count). The van der Waals surface area contributed by atoms with E-state index in [9.17, 15) is 4.79 Å². The van der Waals surface area contributed by atoms with Crippen molar-refractivity contribution in [2.24, 2.45) is 11.1 Å². The predicted octanol–water partition coefficient (Wildman–Crippen LogP) is 7.33. The number of carbonyl (C=O) groups is 1. The first-order valence-electron chi connectivity index (χ1n) is 13.9. The Morgan fingerprint density at radius 1 is 0.795 bits per heavy atom. The van der Waals surface area contributed by atoms with E-state index in [1.807, 2.05) is 6.07 Å². The van der Waals surface area contributed by atoms with Gasteiger partial charge in [-0.1, -0.05) is 127 Å². The third kappa shape index (κ3) is 5.91. The minimum Gasteiger partial charge on any atom is -0.348 e. The van der Waals surface area contributed by atoms with Crippen molar-refractivity contribution >= 4 is 5.78 Å². The first-order valence-corrected chi connectivity index (χ1v) is 13.9. The molecule has 4 heteroatoms. The van der Waals surface area contributed by atoms with Crippen molar-refractivity contribution in [1.29, 1.82) is 0 Å². The maximum atomic E-state index is 14.2. The number of rotatable bonds is 9. The van der Waals surface area contributed by atoms with E-state index in [2.05, 4.69) is 131 Å². The summed E-state index contributed by atoms with van der Waals surface area (Å²) in [6.07, 6.45) is 3.80. The summed E-state index contributed by atoms with van der Waals surface area (Å²) in [7, 11) is 0. The number of hydrogen-bond acceptors (Lipinski definition) is 3. The summed E-state index contributed by atoms with van der Waals surface area (Å²) in [5.74, 6) is -0.320. The summed E-state index contributed by atoms with van der Waals surface area (Å²) in [4.78, 5) is 21.4. The molecule has 3 aromatic carbocycles. The molecule has 1 heterocycles. The lowest BCUT2D eigenvalue weighted by atomic mass is 9.65. The Kier molecular flexibility index (Phi) is 7.99. The molecule has 3 N–H and O–H groups in total. The maximum Gasteiger partial charge on any atom is 0.157 e. The molecule has 0 spiro atoms. The highest BCUT2D eigenvalue weighted by Gasteiger charge is 2.40. The van der Waals surface area contributed by atoms with Crippen LogP contribution in [0.4, 0.5) is 0 Å². The van der Waals surface area contributed by atoms with Crippen molar-refractivity contribution in [2.45, 2.75) is 77.7 Å². The standard InChI is InChI=1S/C35H43N3O/c1-33(2,3)31(32(39)30(36)21-27-22-37-23-38-27)28-19-18-26(34(4,5)24-14-10-8-11-15-24)20-29(28)35(6,7)25-16-12-9-13-17-25/h8-20,22-23,30-31H,21,36H2,1-7H3,(H,37,38)/t30-,31?/m0/s1. The fourth-order valence-corrected chi connectivity index (χ4v) is 5.76. The van der Waals surface area contributed by atoms with Gasteiger partial charge in [0.1, 0.15) is 0 Å². The van der Waals surface area contributed by atoms with Crippen LogP contribution >= 0.6 is 0 Å². The van der Waals surface area contributed by atoms with Gasteiger partial charge in [0.2, 0.25) is 0 Å². The van der Waals surface area contributed by atoms with Gasteiger partial charge in [0.25, 0.3) is 0 Å². The first-order chi connectivity index (χ1) is 18.3. The smallest absolute Gasteiger partial charge is 0.157 e. The molecule has 0 saturated heterocycles. The summed E-state index contributed by atoms with van der Waals surface area (Å²) in [6, 6.07) is 27.3. The molecule has 0 saturated carbocycles. The van der Waals surface area contributed by atoms with E-state index < -0.39 is 6.04 Å². The summed E-state index contributed by atoms with van der Waals surface area (Å²) in [5.41, 5.74) is 12.5. The fraction of sp³-hybridized carbons (Fsp3) is 0.371.